The topological polar surface area (TPSA) is 24.1 Å². The second-order valence-electron chi connectivity index (χ2n) is 2.67. The van der Waals surface area contributed by atoms with Crippen LogP contribution in [0.25, 0.3) is 0 Å². The van der Waals surface area contributed by atoms with Crippen LogP contribution >= 0.6 is 24.8 Å². The zero-order valence-electron chi connectivity index (χ0n) is 6.86. The summed E-state index contributed by atoms with van der Waals surface area (Å²) in [5.74, 6) is 0. The molecule has 1 heterocycles. The lowest BCUT2D eigenvalue weighted by Gasteiger charge is -2.25. The van der Waals surface area contributed by atoms with Crippen LogP contribution in [-0.2, 0) is 0 Å². The fourth-order valence-electron chi connectivity index (χ4n) is 1.14. The van der Waals surface area contributed by atoms with E-state index < -0.39 is 18.6 Å². The van der Waals surface area contributed by atoms with Crippen LogP contribution in [0.2, 0.25) is 0 Å². The summed E-state index contributed by atoms with van der Waals surface area (Å²) in [4.78, 5) is 0. The minimum absolute atomic E-state index is 0. The Morgan fingerprint density at radius 1 is 1.15 bits per heavy atom. The van der Waals surface area contributed by atoms with Gasteiger partial charge in [0, 0.05) is 25.7 Å². The van der Waals surface area contributed by atoms with Crippen LogP contribution < -0.4 is 10.6 Å². The van der Waals surface area contributed by atoms with Gasteiger partial charge in [-0.25, -0.2) is 0 Å². The van der Waals surface area contributed by atoms with Gasteiger partial charge in [-0.3, -0.25) is 0 Å². The molecule has 1 saturated heterocycles. The molecule has 0 aromatic carbocycles. The van der Waals surface area contributed by atoms with Gasteiger partial charge in [0.15, 0.2) is 0 Å². The molecule has 13 heavy (non-hydrogen) atoms. The Hall–Kier alpha value is 0.290. The van der Waals surface area contributed by atoms with Gasteiger partial charge in [0.25, 0.3) is 0 Å². The SMILES string of the molecule is Cl.Cl.FC(F)(F)CC1CNCCN1. The van der Waals surface area contributed by atoms with Gasteiger partial charge in [0.2, 0.25) is 0 Å². The molecule has 7 heteroatoms. The van der Waals surface area contributed by atoms with Crippen LogP contribution in [0, 0.1) is 0 Å². The highest BCUT2D eigenvalue weighted by atomic mass is 35.5. The van der Waals surface area contributed by atoms with Crippen LogP contribution in [0.1, 0.15) is 6.42 Å². The number of hydrogen-bond acceptors (Lipinski definition) is 2. The van der Waals surface area contributed by atoms with Crippen molar-refractivity contribution >= 4 is 24.8 Å². The van der Waals surface area contributed by atoms with Crippen molar-refractivity contribution in [1.29, 1.82) is 0 Å². The highest BCUT2D eigenvalue weighted by molar-refractivity contribution is 5.85. The molecule has 1 unspecified atom stereocenters. The Bertz CT molecular complexity index is 126. The van der Waals surface area contributed by atoms with Gasteiger partial charge in [0.05, 0.1) is 6.42 Å². The summed E-state index contributed by atoms with van der Waals surface area (Å²) in [6.07, 6.45) is -4.78. The molecule has 2 nitrogen and oxygen atoms in total. The van der Waals surface area contributed by atoms with Crippen LogP contribution in [0.4, 0.5) is 13.2 Å². The Morgan fingerprint density at radius 3 is 2.15 bits per heavy atom. The van der Waals surface area contributed by atoms with Crippen molar-refractivity contribution in [2.75, 3.05) is 19.6 Å². The van der Waals surface area contributed by atoms with Crippen LogP contribution in [0.3, 0.4) is 0 Å². The zero-order valence-corrected chi connectivity index (χ0v) is 8.49. The molecule has 0 aliphatic carbocycles. The largest absolute Gasteiger partial charge is 0.390 e. The number of nitrogens with one attached hydrogen (secondary N) is 2. The second-order valence-corrected chi connectivity index (χ2v) is 2.67. The van der Waals surface area contributed by atoms with Gasteiger partial charge < -0.3 is 10.6 Å². The number of halogens is 5. The van der Waals surface area contributed by atoms with Crippen molar-refractivity contribution < 1.29 is 13.2 Å². The third-order valence-electron chi connectivity index (χ3n) is 1.60. The Labute approximate surface area is 87.5 Å². The van der Waals surface area contributed by atoms with Crippen LogP contribution in [-0.4, -0.2) is 31.9 Å². The van der Waals surface area contributed by atoms with Crippen LogP contribution in [0.5, 0.6) is 0 Å². The highest BCUT2D eigenvalue weighted by Crippen LogP contribution is 2.21. The third-order valence-corrected chi connectivity index (χ3v) is 1.60. The summed E-state index contributed by atoms with van der Waals surface area (Å²) < 4.78 is 35.3. The van der Waals surface area contributed by atoms with E-state index in [4.69, 9.17) is 0 Å². The summed E-state index contributed by atoms with van der Waals surface area (Å²) in [5, 5.41) is 5.69. The maximum Gasteiger partial charge on any atom is 0.390 e. The van der Waals surface area contributed by atoms with Crippen molar-refractivity contribution in [2.24, 2.45) is 0 Å². The van der Waals surface area contributed by atoms with Crippen molar-refractivity contribution in [3.05, 3.63) is 0 Å². The van der Waals surface area contributed by atoms with Gasteiger partial charge >= 0.3 is 6.18 Å². The first kappa shape index (κ1) is 15.7. The normalized spacial score (nSPS) is 22.8. The van der Waals surface area contributed by atoms with Crippen molar-refractivity contribution in [1.82, 2.24) is 10.6 Å². The Balaban J connectivity index is 0. The molecule has 1 rings (SSSR count). The molecular weight excluding hydrogens is 228 g/mol. The van der Waals surface area contributed by atoms with E-state index in [-0.39, 0.29) is 24.8 Å². The van der Waals surface area contributed by atoms with Crippen LogP contribution in [0.15, 0.2) is 0 Å². The molecule has 2 N–H and O–H groups in total. The lowest BCUT2D eigenvalue weighted by atomic mass is 10.1. The molecule has 0 spiro atoms. The van der Waals surface area contributed by atoms with E-state index in [1.807, 2.05) is 0 Å². The van der Waals surface area contributed by atoms with Crippen molar-refractivity contribution in [2.45, 2.75) is 18.6 Å². The summed E-state index contributed by atoms with van der Waals surface area (Å²) in [7, 11) is 0. The van der Waals surface area contributed by atoms with E-state index in [9.17, 15) is 13.2 Å². The predicted molar refractivity (Wildman–Crippen MR) is 49.8 cm³/mol. The van der Waals surface area contributed by atoms with E-state index in [2.05, 4.69) is 10.6 Å². The highest BCUT2D eigenvalue weighted by Gasteiger charge is 2.32. The molecule has 1 aliphatic rings. The molecular formula is C6H13Cl2F3N2. The average Bonchev–Trinajstić information content (AvgIpc) is 1.85. The molecule has 0 saturated carbocycles. The standard InChI is InChI=1S/C6H11F3N2.2ClH/c7-6(8,9)3-5-4-10-1-2-11-5;;/h5,10-11H,1-4H2;2*1H. The molecule has 1 aliphatic heterocycles. The number of piperazine rings is 1. The smallest absolute Gasteiger partial charge is 0.314 e. The summed E-state index contributed by atoms with van der Waals surface area (Å²) in [6.45, 7) is 1.80. The Kier molecular flexibility index (Phi) is 8.12. The quantitative estimate of drug-likeness (QED) is 0.724. The van der Waals surface area contributed by atoms with E-state index in [1.165, 1.54) is 0 Å². The maximum atomic E-state index is 11.8. The van der Waals surface area contributed by atoms with E-state index in [1.54, 1.807) is 0 Å². The fraction of sp³-hybridized carbons (Fsp3) is 1.00. The molecule has 0 bridgehead atoms. The van der Waals surface area contributed by atoms with Gasteiger partial charge in [-0.2, -0.15) is 13.2 Å². The lowest BCUT2D eigenvalue weighted by molar-refractivity contribution is -0.140. The number of alkyl halides is 3. The first-order valence-electron chi connectivity index (χ1n) is 3.59. The van der Waals surface area contributed by atoms with Gasteiger partial charge in [-0.15, -0.1) is 24.8 Å². The lowest BCUT2D eigenvalue weighted by Crippen LogP contribution is -2.49. The summed E-state index contributed by atoms with van der Waals surface area (Å²) in [6, 6.07) is -0.441. The molecule has 1 fully saturated rings. The van der Waals surface area contributed by atoms with Crippen molar-refractivity contribution in [3.63, 3.8) is 0 Å². The monoisotopic (exact) mass is 240 g/mol. The second kappa shape index (κ2) is 6.70. The van der Waals surface area contributed by atoms with Gasteiger partial charge in [-0.1, -0.05) is 0 Å². The number of rotatable bonds is 1. The van der Waals surface area contributed by atoms with Gasteiger partial charge in [0.1, 0.15) is 0 Å². The number of hydrogen-bond donors (Lipinski definition) is 2. The molecule has 0 amide bonds. The molecule has 0 aromatic rings. The van der Waals surface area contributed by atoms with E-state index in [0.29, 0.717) is 13.1 Å². The molecule has 1 atom stereocenters. The third kappa shape index (κ3) is 7.37. The minimum atomic E-state index is -4.04. The predicted octanol–water partition coefficient (Wildman–Crippen LogP) is 1.34. The first-order valence-corrected chi connectivity index (χ1v) is 3.59. The maximum absolute atomic E-state index is 11.8. The van der Waals surface area contributed by atoms with Crippen molar-refractivity contribution in [3.8, 4) is 0 Å². The van der Waals surface area contributed by atoms with E-state index in [0.717, 1.165) is 6.54 Å². The van der Waals surface area contributed by atoms with E-state index >= 15 is 0 Å². The summed E-state index contributed by atoms with van der Waals surface area (Å²) in [5.41, 5.74) is 0. The Morgan fingerprint density at radius 2 is 1.77 bits per heavy atom. The summed E-state index contributed by atoms with van der Waals surface area (Å²) >= 11 is 0. The fourth-order valence-corrected chi connectivity index (χ4v) is 1.14. The minimum Gasteiger partial charge on any atom is -0.314 e. The average molecular weight is 241 g/mol. The first-order chi connectivity index (χ1) is 5.08. The molecule has 0 radical (unpaired) electrons. The zero-order chi connectivity index (χ0) is 8.32. The molecule has 82 valence electrons. The van der Waals surface area contributed by atoms with Gasteiger partial charge in [-0.05, 0) is 0 Å². The molecule has 0 aromatic heterocycles.